The van der Waals surface area contributed by atoms with Crippen LogP contribution in [0.25, 0.3) is 0 Å². The van der Waals surface area contributed by atoms with Gasteiger partial charge in [0, 0.05) is 19.4 Å². The molecule has 96 valence electrons. The number of Topliss-reactive ketones (excluding diaryl/α,β-unsaturated/α-hetero) is 1. The maximum atomic E-state index is 10.2. The summed E-state index contributed by atoms with van der Waals surface area (Å²) >= 11 is 0. The van der Waals surface area contributed by atoms with Gasteiger partial charge in [0.15, 0.2) is 0 Å². The first-order valence-electron chi connectivity index (χ1n) is 5.34. The van der Waals surface area contributed by atoms with Crippen LogP contribution in [0.2, 0.25) is 0 Å². The van der Waals surface area contributed by atoms with E-state index in [1.165, 1.54) is 0 Å². The van der Waals surface area contributed by atoms with E-state index in [4.69, 9.17) is 5.11 Å². The molecule has 0 aliphatic carbocycles. The second-order valence-electron chi connectivity index (χ2n) is 2.65. The van der Waals surface area contributed by atoms with Crippen molar-refractivity contribution < 1.29 is 19.5 Å². The van der Waals surface area contributed by atoms with E-state index in [1.807, 2.05) is 20.9 Å². The highest BCUT2D eigenvalue weighted by Crippen LogP contribution is 1.80. The molecule has 0 spiro atoms. The average Bonchev–Trinajstić information content (AvgIpc) is 2.27. The number of carbonyl (C=O) groups is 3. The van der Waals surface area contributed by atoms with Gasteiger partial charge in [-0.15, -0.1) is 0 Å². The minimum Gasteiger partial charge on any atom is -0.481 e. The van der Waals surface area contributed by atoms with E-state index in [1.54, 1.807) is 6.92 Å². The van der Waals surface area contributed by atoms with Crippen molar-refractivity contribution in [1.82, 2.24) is 5.32 Å². The normalized spacial score (nSPS) is 7.75. The number of carboxylic acids is 1. The molecule has 0 saturated heterocycles. The van der Waals surface area contributed by atoms with Crippen molar-refractivity contribution in [3.8, 4) is 0 Å². The number of hydrogen-bond acceptors (Lipinski definition) is 4. The molecule has 0 heterocycles. The third-order valence-electron chi connectivity index (χ3n) is 1.20. The topological polar surface area (TPSA) is 83.5 Å². The van der Waals surface area contributed by atoms with Gasteiger partial charge in [-0.05, 0) is 14.0 Å². The number of carboxylic acid groups (broad SMARTS) is 1. The lowest BCUT2D eigenvalue weighted by atomic mass is 10.3. The third-order valence-corrected chi connectivity index (χ3v) is 1.20. The summed E-state index contributed by atoms with van der Waals surface area (Å²) in [5, 5.41) is 10.8. The Kier molecular flexibility index (Phi) is 24.5. The third kappa shape index (κ3) is 38.6. The van der Waals surface area contributed by atoms with Crippen molar-refractivity contribution in [3.05, 3.63) is 0 Å². The van der Waals surface area contributed by atoms with Crippen molar-refractivity contribution in [2.75, 3.05) is 13.6 Å². The predicted octanol–water partition coefficient (Wildman–Crippen LogP) is 1.26. The molecule has 0 atom stereocenters. The fourth-order valence-electron chi connectivity index (χ4n) is 0.483. The lowest BCUT2D eigenvalue weighted by Crippen LogP contribution is -2.10. The number of carbonyl (C=O) groups excluding carboxylic acids is 2. The zero-order valence-corrected chi connectivity index (χ0v) is 10.6. The molecule has 0 aromatic rings. The van der Waals surface area contributed by atoms with E-state index in [-0.39, 0.29) is 18.6 Å². The van der Waals surface area contributed by atoms with Crippen LogP contribution in [0, 0.1) is 0 Å². The Labute approximate surface area is 97.2 Å². The van der Waals surface area contributed by atoms with Crippen LogP contribution in [-0.2, 0) is 14.4 Å². The molecule has 0 amide bonds. The molecule has 5 nitrogen and oxygen atoms in total. The van der Waals surface area contributed by atoms with Crippen LogP contribution in [-0.4, -0.2) is 36.7 Å². The van der Waals surface area contributed by atoms with Gasteiger partial charge < -0.3 is 15.2 Å². The molecule has 0 rings (SSSR count). The Bertz CT molecular complexity index is 181. The fourth-order valence-corrected chi connectivity index (χ4v) is 0.483. The molecule has 0 unspecified atom stereocenters. The standard InChI is InChI=1S/C5H11NO.C4H6O3.C2H6/c1-5(7)3-4-6-2;5-3-1-2-4(6)7;1-2/h6H,3-4H2,1-2H3;3H,1-2H2,(H,6,7);1-2H3. The summed E-state index contributed by atoms with van der Waals surface area (Å²) in [5.41, 5.74) is 0. The number of rotatable bonds is 6. The number of ketones is 1. The number of nitrogens with one attached hydrogen (secondary N) is 1. The van der Waals surface area contributed by atoms with Crippen LogP contribution in [0.3, 0.4) is 0 Å². The van der Waals surface area contributed by atoms with Gasteiger partial charge in [0.05, 0.1) is 6.42 Å². The Morgan fingerprint density at radius 1 is 1.25 bits per heavy atom. The van der Waals surface area contributed by atoms with Gasteiger partial charge in [0.1, 0.15) is 12.1 Å². The summed E-state index contributed by atoms with van der Waals surface area (Å²) in [6.07, 6.45) is 1.31. The molecule has 16 heavy (non-hydrogen) atoms. The summed E-state index contributed by atoms with van der Waals surface area (Å²) in [4.78, 5) is 29.2. The highest BCUT2D eigenvalue weighted by molar-refractivity contribution is 5.75. The minimum absolute atomic E-state index is 0.0521. The van der Waals surface area contributed by atoms with Crippen LogP contribution in [0.15, 0.2) is 0 Å². The lowest BCUT2D eigenvalue weighted by Gasteiger charge is -1.89. The van der Waals surface area contributed by atoms with Crippen LogP contribution >= 0.6 is 0 Å². The van der Waals surface area contributed by atoms with Gasteiger partial charge in [-0.3, -0.25) is 9.59 Å². The smallest absolute Gasteiger partial charge is 0.303 e. The van der Waals surface area contributed by atoms with Gasteiger partial charge in [-0.1, -0.05) is 13.8 Å². The van der Waals surface area contributed by atoms with E-state index in [0.717, 1.165) is 6.54 Å². The Morgan fingerprint density at radius 3 is 1.88 bits per heavy atom. The van der Waals surface area contributed by atoms with E-state index in [2.05, 4.69) is 5.32 Å². The second-order valence-corrected chi connectivity index (χ2v) is 2.65. The van der Waals surface area contributed by atoms with Crippen LogP contribution in [0.1, 0.15) is 40.0 Å². The zero-order chi connectivity index (χ0) is 13.4. The van der Waals surface area contributed by atoms with Crippen molar-refractivity contribution >= 4 is 18.0 Å². The highest BCUT2D eigenvalue weighted by Gasteiger charge is 1.91. The van der Waals surface area contributed by atoms with Gasteiger partial charge >= 0.3 is 5.97 Å². The molecule has 0 aliphatic rings. The van der Waals surface area contributed by atoms with Crippen LogP contribution in [0.4, 0.5) is 0 Å². The monoisotopic (exact) mass is 233 g/mol. The predicted molar refractivity (Wildman–Crippen MR) is 63.5 cm³/mol. The number of hydrogen-bond donors (Lipinski definition) is 2. The maximum Gasteiger partial charge on any atom is 0.303 e. The van der Waals surface area contributed by atoms with E-state index >= 15 is 0 Å². The molecular weight excluding hydrogens is 210 g/mol. The second kappa shape index (κ2) is 19.4. The SMILES string of the molecule is CC.CNCCC(C)=O.O=CCCC(=O)O. The van der Waals surface area contributed by atoms with Gasteiger partial charge in [-0.2, -0.15) is 0 Å². The quantitative estimate of drug-likeness (QED) is 0.675. The Morgan fingerprint density at radius 2 is 1.75 bits per heavy atom. The van der Waals surface area contributed by atoms with Crippen molar-refractivity contribution in [1.29, 1.82) is 0 Å². The zero-order valence-electron chi connectivity index (χ0n) is 10.6. The van der Waals surface area contributed by atoms with Gasteiger partial charge in [0.2, 0.25) is 0 Å². The summed E-state index contributed by atoms with van der Waals surface area (Å²) in [7, 11) is 1.84. The molecule has 2 N–H and O–H groups in total. The molecule has 0 bridgehead atoms. The van der Waals surface area contributed by atoms with Crippen molar-refractivity contribution in [3.63, 3.8) is 0 Å². The summed E-state index contributed by atoms with van der Waals surface area (Å²) in [6, 6.07) is 0. The average molecular weight is 233 g/mol. The van der Waals surface area contributed by atoms with Crippen LogP contribution in [0.5, 0.6) is 0 Å². The lowest BCUT2D eigenvalue weighted by molar-refractivity contribution is -0.137. The van der Waals surface area contributed by atoms with E-state index in [0.29, 0.717) is 12.7 Å². The molecule has 0 radical (unpaired) electrons. The first-order chi connectivity index (χ1) is 7.54. The minimum atomic E-state index is -0.924. The Balaban J connectivity index is -0.000000183. The molecule has 0 aliphatic heterocycles. The van der Waals surface area contributed by atoms with Crippen molar-refractivity contribution in [2.24, 2.45) is 0 Å². The first kappa shape index (κ1) is 20.2. The largest absolute Gasteiger partial charge is 0.481 e. The van der Waals surface area contributed by atoms with Crippen molar-refractivity contribution in [2.45, 2.75) is 40.0 Å². The van der Waals surface area contributed by atoms with Gasteiger partial charge in [-0.25, -0.2) is 0 Å². The number of aliphatic carboxylic acids is 1. The summed E-state index contributed by atoms with van der Waals surface area (Å²) in [5.74, 6) is -0.679. The molecule has 5 heteroatoms. The molecular formula is C11H23NO4. The fraction of sp³-hybridized carbons (Fsp3) is 0.727. The summed E-state index contributed by atoms with van der Waals surface area (Å²) < 4.78 is 0. The Hall–Kier alpha value is -1.23. The van der Waals surface area contributed by atoms with Gasteiger partial charge in [0.25, 0.3) is 0 Å². The van der Waals surface area contributed by atoms with Crippen LogP contribution < -0.4 is 5.32 Å². The number of aldehydes is 1. The molecule has 0 aromatic carbocycles. The molecule has 0 aromatic heterocycles. The molecule has 0 saturated carbocycles. The van der Waals surface area contributed by atoms with E-state index in [9.17, 15) is 14.4 Å². The maximum absolute atomic E-state index is 10.2. The molecule has 0 fully saturated rings. The van der Waals surface area contributed by atoms with E-state index < -0.39 is 5.97 Å². The first-order valence-corrected chi connectivity index (χ1v) is 5.34. The summed E-state index contributed by atoms with van der Waals surface area (Å²) in [6.45, 7) is 6.40. The highest BCUT2D eigenvalue weighted by atomic mass is 16.4.